The number of carbonyl (C=O) groups is 1. The number of morpholine rings is 1. The van der Waals surface area contributed by atoms with Gasteiger partial charge in [-0.2, -0.15) is 0 Å². The molecule has 0 spiro atoms. The Labute approximate surface area is 198 Å². The molecule has 2 aromatic carbocycles. The minimum absolute atomic E-state index is 0.143. The van der Waals surface area contributed by atoms with Crippen LogP contribution in [0.3, 0.4) is 0 Å². The number of nitrogens with zero attached hydrogens (tertiary/aromatic N) is 4. The van der Waals surface area contributed by atoms with Crippen LogP contribution in [0.25, 0.3) is 0 Å². The first kappa shape index (κ1) is 22.8. The van der Waals surface area contributed by atoms with Crippen LogP contribution < -0.4 is 15.1 Å². The van der Waals surface area contributed by atoms with Gasteiger partial charge in [-0.1, -0.05) is 18.3 Å². The second-order valence-electron chi connectivity index (χ2n) is 7.65. The highest BCUT2D eigenvalue weighted by molar-refractivity contribution is 7.99. The molecule has 170 valence electrons. The van der Waals surface area contributed by atoms with Gasteiger partial charge in [-0.05, 0) is 61.5 Å². The lowest BCUT2D eigenvalue weighted by Crippen LogP contribution is -2.36. The van der Waals surface area contributed by atoms with E-state index >= 15 is 0 Å². The first-order chi connectivity index (χ1) is 16.0. The zero-order valence-electron chi connectivity index (χ0n) is 18.8. The van der Waals surface area contributed by atoms with Gasteiger partial charge in [0.15, 0.2) is 0 Å². The highest BCUT2D eigenvalue weighted by Gasteiger charge is 2.12. The van der Waals surface area contributed by atoms with Crippen molar-refractivity contribution in [3.63, 3.8) is 0 Å². The largest absolute Gasteiger partial charge is 0.378 e. The predicted octanol–water partition coefficient (Wildman–Crippen LogP) is 4.67. The number of benzene rings is 2. The number of rotatable bonds is 7. The van der Waals surface area contributed by atoms with E-state index in [0.717, 1.165) is 53.2 Å². The Bertz CT molecular complexity index is 1110. The van der Waals surface area contributed by atoms with Gasteiger partial charge >= 0.3 is 0 Å². The topological polar surface area (TPSA) is 70.6 Å². The molecule has 7 nitrogen and oxygen atoms in total. The molecule has 0 saturated carbocycles. The maximum atomic E-state index is 11.8. The maximum absolute atomic E-state index is 11.8. The second kappa shape index (κ2) is 10.5. The van der Waals surface area contributed by atoms with Crippen molar-refractivity contribution < 1.29 is 9.53 Å². The minimum atomic E-state index is -0.143. The van der Waals surface area contributed by atoms with E-state index in [2.05, 4.69) is 33.9 Å². The number of ether oxygens (including phenoxy) is 1. The van der Waals surface area contributed by atoms with Crippen LogP contribution in [0.5, 0.6) is 0 Å². The average molecular weight is 462 g/mol. The molecule has 2 heterocycles. The van der Waals surface area contributed by atoms with Crippen molar-refractivity contribution in [1.82, 2.24) is 9.97 Å². The molecule has 0 atom stereocenters. The van der Waals surface area contributed by atoms with E-state index in [9.17, 15) is 4.79 Å². The number of carbonyl (C=O) groups excluding carboxylic acids is 1. The highest BCUT2D eigenvalue weighted by atomic mass is 32.2. The van der Waals surface area contributed by atoms with E-state index in [1.54, 1.807) is 23.7 Å². The first-order valence-electron chi connectivity index (χ1n) is 10.7. The molecule has 1 aliphatic rings. The quantitative estimate of drug-likeness (QED) is 0.405. The summed E-state index contributed by atoms with van der Waals surface area (Å²) in [6, 6.07) is 16.1. The Balaban J connectivity index is 1.43. The van der Waals surface area contributed by atoms with Gasteiger partial charge in [0.05, 0.1) is 13.2 Å². The lowest BCUT2D eigenvalue weighted by molar-refractivity contribution is -0.113. The fourth-order valence-corrected chi connectivity index (χ4v) is 4.25. The third-order valence-corrected chi connectivity index (χ3v) is 6.48. The van der Waals surface area contributed by atoms with Crippen LogP contribution in [0.15, 0.2) is 77.3 Å². The van der Waals surface area contributed by atoms with Crippen LogP contribution >= 0.6 is 11.8 Å². The third kappa shape index (κ3) is 5.71. The van der Waals surface area contributed by atoms with Crippen molar-refractivity contribution in [1.29, 1.82) is 0 Å². The van der Waals surface area contributed by atoms with Crippen LogP contribution in [0.2, 0.25) is 0 Å². The summed E-state index contributed by atoms with van der Waals surface area (Å²) in [5.41, 5.74) is 3.93. The molecule has 8 heteroatoms. The number of amides is 1. The molecule has 1 fully saturated rings. The Hall–Kier alpha value is -3.36. The molecular formula is C25H27N5O2S. The van der Waals surface area contributed by atoms with E-state index in [4.69, 9.17) is 9.72 Å². The van der Waals surface area contributed by atoms with Crippen molar-refractivity contribution in [3.8, 4) is 0 Å². The summed E-state index contributed by atoms with van der Waals surface area (Å²) in [4.78, 5) is 25.8. The van der Waals surface area contributed by atoms with Crippen molar-refractivity contribution in [3.05, 3.63) is 72.9 Å². The van der Waals surface area contributed by atoms with Crippen molar-refractivity contribution in [2.75, 3.05) is 48.5 Å². The molecule has 1 amide bonds. The number of likely N-dealkylation sites (N-methyl/N-ethyl adjacent to an activating group) is 1. The van der Waals surface area contributed by atoms with Gasteiger partial charge in [-0.15, -0.1) is 0 Å². The molecule has 0 unspecified atom stereocenters. The number of hydrogen-bond acceptors (Lipinski definition) is 7. The van der Waals surface area contributed by atoms with Crippen LogP contribution in [0.1, 0.15) is 5.56 Å². The van der Waals surface area contributed by atoms with Gasteiger partial charge in [-0.25, -0.2) is 9.97 Å². The Morgan fingerprint density at radius 2 is 1.85 bits per heavy atom. The van der Waals surface area contributed by atoms with Crippen LogP contribution in [0, 0.1) is 6.92 Å². The molecule has 1 saturated heterocycles. The summed E-state index contributed by atoms with van der Waals surface area (Å²) in [6.45, 7) is 8.89. The summed E-state index contributed by atoms with van der Waals surface area (Å²) in [7, 11) is 1.73. The normalized spacial score (nSPS) is 13.5. The molecule has 0 bridgehead atoms. The van der Waals surface area contributed by atoms with Gasteiger partial charge in [-0.3, -0.25) is 4.79 Å². The number of nitrogens with one attached hydrogen (secondary N) is 1. The zero-order valence-corrected chi connectivity index (χ0v) is 19.6. The first-order valence-corrected chi connectivity index (χ1v) is 11.6. The third-order valence-electron chi connectivity index (χ3n) is 5.37. The zero-order chi connectivity index (χ0) is 23.2. The van der Waals surface area contributed by atoms with E-state index in [-0.39, 0.29) is 5.91 Å². The molecule has 1 N–H and O–H groups in total. The highest BCUT2D eigenvalue weighted by Crippen LogP contribution is 2.31. The number of anilines is 4. The molecule has 1 aromatic heterocycles. The number of hydrogen-bond donors (Lipinski definition) is 1. The molecule has 4 rings (SSSR count). The SMILES string of the molecule is C=CC(=O)N(C)c1ccc(Sc2nc(Nc3ccc(N4CCOCC4)cc3)ncc2C)cc1. The lowest BCUT2D eigenvalue weighted by Gasteiger charge is -2.28. The van der Waals surface area contributed by atoms with E-state index in [0.29, 0.717) is 5.95 Å². The minimum Gasteiger partial charge on any atom is -0.378 e. The van der Waals surface area contributed by atoms with Crippen LogP contribution in [0.4, 0.5) is 23.0 Å². The maximum Gasteiger partial charge on any atom is 0.250 e. The Morgan fingerprint density at radius 3 is 2.52 bits per heavy atom. The molecular weight excluding hydrogens is 434 g/mol. The van der Waals surface area contributed by atoms with Gasteiger partial charge in [0.1, 0.15) is 5.03 Å². The fourth-order valence-electron chi connectivity index (χ4n) is 3.41. The number of aromatic nitrogens is 2. The van der Waals surface area contributed by atoms with E-state index < -0.39 is 0 Å². The smallest absolute Gasteiger partial charge is 0.250 e. The molecule has 1 aliphatic heterocycles. The van der Waals surface area contributed by atoms with Crippen molar-refractivity contribution in [2.24, 2.45) is 0 Å². The average Bonchev–Trinajstić information content (AvgIpc) is 2.86. The van der Waals surface area contributed by atoms with Gasteiger partial charge in [0, 0.05) is 53.9 Å². The Kier molecular flexibility index (Phi) is 7.26. The second-order valence-corrected chi connectivity index (χ2v) is 8.71. The lowest BCUT2D eigenvalue weighted by atomic mass is 10.2. The van der Waals surface area contributed by atoms with Gasteiger partial charge in [0.25, 0.3) is 0 Å². The van der Waals surface area contributed by atoms with E-state index in [1.807, 2.05) is 49.5 Å². The molecule has 33 heavy (non-hydrogen) atoms. The summed E-state index contributed by atoms with van der Waals surface area (Å²) in [5, 5.41) is 4.17. The van der Waals surface area contributed by atoms with Gasteiger partial charge < -0.3 is 19.9 Å². The molecule has 3 aromatic rings. The van der Waals surface area contributed by atoms with Crippen LogP contribution in [-0.2, 0) is 9.53 Å². The fraction of sp³-hybridized carbons (Fsp3) is 0.240. The standard InChI is InChI=1S/C25H27N5O2S/c1-4-23(31)29(3)20-9-11-22(12-10-20)33-24-18(2)17-26-25(28-24)27-19-5-7-21(8-6-19)30-13-15-32-16-14-30/h4-12,17H,1,13-16H2,2-3H3,(H,26,27,28). The summed E-state index contributed by atoms with van der Waals surface area (Å²) in [5.74, 6) is 0.408. The van der Waals surface area contributed by atoms with Crippen molar-refractivity contribution in [2.45, 2.75) is 16.8 Å². The van der Waals surface area contributed by atoms with Crippen LogP contribution in [-0.4, -0.2) is 49.2 Å². The Morgan fingerprint density at radius 1 is 1.15 bits per heavy atom. The summed E-state index contributed by atoms with van der Waals surface area (Å²) >= 11 is 1.56. The monoisotopic (exact) mass is 461 g/mol. The number of aryl methyl sites for hydroxylation is 1. The predicted molar refractivity (Wildman–Crippen MR) is 134 cm³/mol. The van der Waals surface area contributed by atoms with E-state index in [1.165, 1.54) is 11.8 Å². The summed E-state index contributed by atoms with van der Waals surface area (Å²) < 4.78 is 5.43. The van der Waals surface area contributed by atoms with Gasteiger partial charge in [0.2, 0.25) is 11.9 Å². The van der Waals surface area contributed by atoms with Crippen molar-refractivity contribution >= 4 is 40.7 Å². The molecule has 0 radical (unpaired) electrons. The molecule has 0 aliphatic carbocycles. The summed E-state index contributed by atoms with van der Waals surface area (Å²) in [6.07, 6.45) is 3.13.